The number of nitrogens with zero attached hydrogens (tertiary/aromatic N) is 1. The molecular weight excluding hydrogens is 274 g/mol. The van der Waals surface area contributed by atoms with Gasteiger partial charge in [-0.05, 0) is 18.2 Å². The maximum Gasteiger partial charge on any atom is 0.337 e. The van der Waals surface area contributed by atoms with Crippen molar-refractivity contribution in [2.75, 3.05) is 6.61 Å². The summed E-state index contributed by atoms with van der Waals surface area (Å²) in [4.78, 5) is 11.1. The number of halogens is 1. The van der Waals surface area contributed by atoms with E-state index in [4.69, 9.17) is 10.2 Å². The minimum absolute atomic E-state index is 0.0150. The van der Waals surface area contributed by atoms with Gasteiger partial charge in [0, 0.05) is 28.1 Å². The zero-order valence-corrected chi connectivity index (χ0v) is 9.94. The van der Waals surface area contributed by atoms with Gasteiger partial charge in [-0.25, -0.2) is 4.79 Å². The summed E-state index contributed by atoms with van der Waals surface area (Å²) >= 11 is 3.31. The number of hydrogen-bond acceptors (Lipinski definition) is 2. The number of fused-ring (bicyclic) bond motifs is 1. The molecule has 0 spiro atoms. The van der Waals surface area contributed by atoms with Crippen molar-refractivity contribution in [2.45, 2.75) is 6.54 Å². The molecule has 4 nitrogen and oxygen atoms in total. The molecular formula is C11H10BrNO3. The molecule has 2 rings (SSSR count). The van der Waals surface area contributed by atoms with Gasteiger partial charge in [0.2, 0.25) is 0 Å². The summed E-state index contributed by atoms with van der Waals surface area (Å²) in [5, 5.41) is 18.6. The maximum atomic E-state index is 11.1. The third-order valence-corrected chi connectivity index (χ3v) is 2.91. The molecule has 0 aliphatic heterocycles. The molecule has 16 heavy (non-hydrogen) atoms. The minimum Gasteiger partial charge on any atom is -0.478 e. The standard InChI is InChI=1S/C11H10BrNO3/c12-7-1-2-10-8(5-7)9(11(15)16)6-13(10)3-4-14/h1-2,5-6,14H,3-4H2,(H,15,16). The van der Waals surface area contributed by atoms with Crippen LogP contribution in [0.2, 0.25) is 0 Å². The zero-order chi connectivity index (χ0) is 11.7. The van der Waals surface area contributed by atoms with Crippen LogP contribution < -0.4 is 0 Å². The number of carbonyl (C=O) groups is 1. The van der Waals surface area contributed by atoms with Gasteiger partial charge in [0.05, 0.1) is 12.2 Å². The van der Waals surface area contributed by atoms with E-state index in [1.54, 1.807) is 16.8 Å². The van der Waals surface area contributed by atoms with E-state index < -0.39 is 5.97 Å². The molecule has 84 valence electrons. The lowest BCUT2D eigenvalue weighted by atomic mass is 10.2. The lowest BCUT2D eigenvalue weighted by Crippen LogP contribution is -2.00. The van der Waals surface area contributed by atoms with Gasteiger partial charge in [0.15, 0.2) is 0 Å². The number of hydrogen-bond donors (Lipinski definition) is 2. The van der Waals surface area contributed by atoms with Gasteiger partial charge < -0.3 is 14.8 Å². The Morgan fingerprint density at radius 1 is 1.44 bits per heavy atom. The number of aliphatic hydroxyl groups excluding tert-OH is 1. The molecule has 0 saturated heterocycles. The van der Waals surface area contributed by atoms with Crippen LogP contribution in [0.25, 0.3) is 10.9 Å². The van der Waals surface area contributed by atoms with Crippen molar-refractivity contribution >= 4 is 32.8 Å². The molecule has 1 aromatic carbocycles. The third kappa shape index (κ3) is 1.83. The Morgan fingerprint density at radius 2 is 2.19 bits per heavy atom. The normalized spacial score (nSPS) is 10.9. The summed E-state index contributed by atoms with van der Waals surface area (Å²) < 4.78 is 2.58. The van der Waals surface area contributed by atoms with E-state index in [0.717, 1.165) is 9.99 Å². The third-order valence-electron chi connectivity index (χ3n) is 2.41. The summed E-state index contributed by atoms with van der Waals surface area (Å²) in [5.41, 5.74) is 1.07. The Bertz CT molecular complexity index is 547. The zero-order valence-electron chi connectivity index (χ0n) is 8.35. The van der Waals surface area contributed by atoms with Crippen LogP contribution >= 0.6 is 15.9 Å². The largest absolute Gasteiger partial charge is 0.478 e. The molecule has 2 aromatic rings. The maximum absolute atomic E-state index is 11.1. The lowest BCUT2D eigenvalue weighted by molar-refractivity contribution is 0.0698. The summed E-state index contributed by atoms with van der Waals surface area (Å²) in [5.74, 6) is -0.959. The van der Waals surface area contributed by atoms with Gasteiger partial charge >= 0.3 is 5.97 Å². The average molecular weight is 284 g/mol. The highest BCUT2D eigenvalue weighted by atomic mass is 79.9. The molecule has 1 heterocycles. The van der Waals surface area contributed by atoms with Gasteiger partial charge in [0.1, 0.15) is 0 Å². The number of rotatable bonds is 3. The fourth-order valence-corrected chi connectivity index (χ4v) is 2.09. The van der Waals surface area contributed by atoms with Crippen LogP contribution in [0, 0.1) is 0 Å². The van der Waals surface area contributed by atoms with Gasteiger partial charge in [0.25, 0.3) is 0 Å². The van der Waals surface area contributed by atoms with Crippen LogP contribution in [0.5, 0.6) is 0 Å². The molecule has 0 bridgehead atoms. The monoisotopic (exact) mass is 283 g/mol. The molecule has 0 saturated carbocycles. The molecule has 0 aliphatic carbocycles. The fraction of sp³-hybridized carbons (Fsp3) is 0.182. The van der Waals surface area contributed by atoms with Crippen molar-refractivity contribution in [1.82, 2.24) is 4.57 Å². The molecule has 0 atom stereocenters. The topological polar surface area (TPSA) is 62.5 Å². The summed E-state index contributed by atoms with van der Waals surface area (Å²) in [6.07, 6.45) is 1.55. The molecule has 2 N–H and O–H groups in total. The number of carboxylic acid groups (broad SMARTS) is 1. The first kappa shape index (κ1) is 11.2. The van der Waals surface area contributed by atoms with E-state index in [0.29, 0.717) is 11.9 Å². The quantitative estimate of drug-likeness (QED) is 0.907. The predicted molar refractivity (Wildman–Crippen MR) is 63.7 cm³/mol. The van der Waals surface area contributed by atoms with Crippen molar-refractivity contribution < 1.29 is 15.0 Å². The van der Waals surface area contributed by atoms with E-state index in [1.165, 1.54) is 0 Å². The van der Waals surface area contributed by atoms with Gasteiger partial charge in [-0.2, -0.15) is 0 Å². The molecule has 0 radical (unpaired) electrons. The first-order chi connectivity index (χ1) is 7.63. The van der Waals surface area contributed by atoms with Crippen LogP contribution in [0.3, 0.4) is 0 Å². The number of aliphatic hydroxyl groups is 1. The van der Waals surface area contributed by atoms with E-state index in [2.05, 4.69) is 15.9 Å². The Hall–Kier alpha value is -1.33. The van der Waals surface area contributed by atoms with E-state index in [-0.39, 0.29) is 12.2 Å². The first-order valence-corrected chi connectivity index (χ1v) is 5.55. The molecule has 0 amide bonds. The van der Waals surface area contributed by atoms with Gasteiger partial charge in [-0.15, -0.1) is 0 Å². The van der Waals surface area contributed by atoms with Crippen molar-refractivity contribution in [3.8, 4) is 0 Å². The van der Waals surface area contributed by atoms with Crippen LogP contribution in [-0.4, -0.2) is 27.4 Å². The fourth-order valence-electron chi connectivity index (χ4n) is 1.73. The lowest BCUT2D eigenvalue weighted by Gasteiger charge is -2.01. The molecule has 1 aromatic heterocycles. The van der Waals surface area contributed by atoms with Crippen LogP contribution in [-0.2, 0) is 6.54 Å². The number of benzene rings is 1. The molecule has 0 aliphatic rings. The summed E-state index contributed by atoms with van der Waals surface area (Å²) in [6.45, 7) is 0.379. The predicted octanol–water partition coefficient (Wildman–Crippen LogP) is 2.09. The van der Waals surface area contributed by atoms with Crippen molar-refractivity contribution in [2.24, 2.45) is 0 Å². The van der Waals surface area contributed by atoms with Crippen LogP contribution in [0.1, 0.15) is 10.4 Å². The highest BCUT2D eigenvalue weighted by molar-refractivity contribution is 9.10. The molecule has 0 unspecified atom stereocenters. The average Bonchev–Trinajstić information content (AvgIpc) is 2.57. The van der Waals surface area contributed by atoms with E-state index >= 15 is 0 Å². The van der Waals surface area contributed by atoms with Crippen LogP contribution in [0.15, 0.2) is 28.9 Å². The number of aromatic carboxylic acids is 1. The van der Waals surface area contributed by atoms with E-state index in [9.17, 15) is 4.79 Å². The second kappa shape index (κ2) is 4.27. The highest BCUT2D eigenvalue weighted by Gasteiger charge is 2.13. The highest BCUT2D eigenvalue weighted by Crippen LogP contribution is 2.25. The van der Waals surface area contributed by atoms with Gasteiger partial charge in [-0.3, -0.25) is 0 Å². The summed E-state index contributed by atoms with van der Waals surface area (Å²) in [6, 6.07) is 5.45. The minimum atomic E-state index is -0.959. The smallest absolute Gasteiger partial charge is 0.337 e. The Balaban J connectivity index is 2.71. The Kier molecular flexibility index (Phi) is 2.98. The second-order valence-electron chi connectivity index (χ2n) is 3.43. The van der Waals surface area contributed by atoms with E-state index in [1.807, 2.05) is 12.1 Å². The first-order valence-electron chi connectivity index (χ1n) is 4.76. The second-order valence-corrected chi connectivity index (χ2v) is 4.34. The molecule has 5 heteroatoms. The summed E-state index contributed by atoms with van der Waals surface area (Å²) in [7, 11) is 0. The number of carboxylic acids is 1. The van der Waals surface area contributed by atoms with Crippen molar-refractivity contribution in [3.05, 3.63) is 34.4 Å². The van der Waals surface area contributed by atoms with Crippen LogP contribution in [0.4, 0.5) is 0 Å². The van der Waals surface area contributed by atoms with Gasteiger partial charge in [-0.1, -0.05) is 15.9 Å². The SMILES string of the molecule is O=C(O)c1cn(CCO)c2ccc(Br)cc12. The Morgan fingerprint density at radius 3 is 2.81 bits per heavy atom. The molecule has 0 fully saturated rings. The number of aromatic nitrogens is 1. The van der Waals surface area contributed by atoms with Crippen molar-refractivity contribution in [3.63, 3.8) is 0 Å². The Labute approximate surface area is 100 Å². The van der Waals surface area contributed by atoms with Crippen molar-refractivity contribution in [1.29, 1.82) is 0 Å².